The third kappa shape index (κ3) is 4.47. The third-order valence-electron chi connectivity index (χ3n) is 3.32. The van der Waals surface area contributed by atoms with Gasteiger partial charge in [-0.1, -0.05) is 17.7 Å². The van der Waals surface area contributed by atoms with Crippen LogP contribution in [-0.4, -0.2) is 16.8 Å². The first kappa shape index (κ1) is 20.5. The van der Waals surface area contributed by atoms with Crippen molar-refractivity contribution in [2.75, 3.05) is 4.72 Å². The SMILES string of the molecule is Cc1ccc(S(=O)(=O)Nc2cc(Cl)ccc2S(N)(=O)=O)cc1C(F)(F)F. The monoisotopic (exact) mass is 428 g/mol. The molecule has 2 aromatic carbocycles. The first-order valence-corrected chi connectivity index (χ1v) is 10.2. The van der Waals surface area contributed by atoms with Gasteiger partial charge in [-0.25, -0.2) is 22.0 Å². The predicted octanol–water partition coefficient (Wildman–Crippen LogP) is 3.12. The Morgan fingerprint density at radius 1 is 1.04 bits per heavy atom. The van der Waals surface area contributed by atoms with Gasteiger partial charge in [0.15, 0.2) is 0 Å². The number of nitrogens with one attached hydrogen (secondary N) is 1. The summed E-state index contributed by atoms with van der Waals surface area (Å²) in [6, 6.07) is 5.55. The van der Waals surface area contributed by atoms with Crippen molar-refractivity contribution in [3.05, 3.63) is 52.5 Å². The van der Waals surface area contributed by atoms with E-state index in [1.165, 1.54) is 13.0 Å². The van der Waals surface area contributed by atoms with E-state index in [1.54, 1.807) is 0 Å². The average molecular weight is 429 g/mol. The van der Waals surface area contributed by atoms with E-state index in [-0.39, 0.29) is 10.6 Å². The second-order valence-electron chi connectivity index (χ2n) is 5.27. The first-order valence-electron chi connectivity index (χ1n) is 6.75. The van der Waals surface area contributed by atoms with Crippen LogP contribution >= 0.6 is 11.6 Å². The molecule has 0 bridgehead atoms. The molecular formula is C14H12ClF3N2O4S2. The summed E-state index contributed by atoms with van der Waals surface area (Å²) in [5, 5.41) is 5.01. The summed E-state index contributed by atoms with van der Waals surface area (Å²) in [5.41, 5.74) is -1.77. The zero-order chi connectivity index (χ0) is 19.9. The number of aryl methyl sites for hydroxylation is 1. The number of nitrogens with two attached hydrogens (primary N) is 1. The van der Waals surface area contributed by atoms with Gasteiger partial charge in [0.05, 0.1) is 16.1 Å². The lowest BCUT2D eigenvalue weighted by Crippen LogP contribution is -2.19. The van der Waals surface area contributed by atoms with E-state index in [0.717, 1.165) is 24.3 Å². The summed E-state index contributed by atoms with van der Waals surface area (Å²) < 4.78 is 88.9. The van der Waals surface area contributed by atoms with Crippen LogP contribution in [0.2, 0.25) is 5.02 Å². The molecule has 26 heavy (non-hydrogen) atoms. The number of alkyl halides is 3. The topological polar surface area (TPSA) is 106 Å². The molecule has 2 aromatic rings. The van der Waals surface area contributed by atoms with Gasteiger partial charge in [0.2, 0.25) is 10.0 Å². The molecule has 0 aliphatic heterocycles. The van der Waals surface area contributed by atoms with Gasteiger partial charge in [-0.3, -0.25) is 4.72 Å². The van der Waals surface area contributed by atoms with E-state index in [9.17, 15) is 30.0 Å². The summed E-state index contributed by atoms with van der Waals surface area (Å²) >= 11 is 5.73. The Hall–Kier alpha value is -1.82. The number of rotatable bonds is 4. The Kier molecular flexibility index (Phi) is 5.30. The number of halogens is 4. The van der Waals surface area contributed by atoms with Gasteiger partial charge in [-0.15, -0.1) is 0 Å². The summed E-state index contributed by atoms with van der Waals surface area (Å²) in [4.78, 5) is -1.27. The maximum atomic E-state index is 13.0. The van der Waals surface area contributed by atoms with Crippen LogP contribution in [0.4, 0.5) is 18.9 Å². The molecule has 0 fully saturated rings. The molecule has 2 rings (SSSR count). The van der Waals surface area contributed by atoms with Crippen LogP contribution in [0.5, 0.6) is 0 Å². The molecule has 0 saturated heterocycles. The van der Waals surface area contributed by atoms with Gasteiger partial charge >= 0.3 is 6.18 Å². The summed E-state index contributed by atoms with van der Waals surface area (Å²) in [6.45, 7) is 1.18. The minimum atomic E-state index is -4.75. The van der Waals surface area contributed by atoms with Crippen molar-refractivity contribution in [2.45, 2.75) is 22.9 Å². The van der Waals surface area contributed by atoms with Gasteiger partial charge in [-0.2, -0.15) is 13.2 Å². The number of primary sulfonamides is 1. The molecule has 0 amide bonds. The average Bonchev–Trinajstić information content (AvgIpc) is 2.44. The maximum absolute atomic E-state index is 13.0. The van der Waals surface area contributed by atoms with Crippen molar-refractivity contribution in [1.29, 1.82) is 0 Å². The van der Waals surface area contributed by atoms with Crippen LogP contribution in [0.3, 0.4) is 0 Å². The van der Waals surface area contributed by atoms with Crippen molar-refractivity contribution in [3.8, 4) is 0 Å². The molecule has 0 atom stereocenters. The smallest absolute Gasteiger partial charge is 0.278 e. The fourth-order valence-electron chi connectivity index (χ4n) is 2.11. The standard InChI is InChI=1S/C14H12ClF3N2O4S2/c1-8-2-4-10(7-11(8)14(16,17)18)26(23,24)20-12-6-9(15)3-5-13(12)25(19,21)22/h2-7,20H,1H3,(H2,19,21,22). The molecule has 0 aliphatic rings. The van der Waals surface area contributed by atoms with E-state index >= 15 is 0 Å². The summed E-state index contributed by atoms with van der Waals surface area (Å²) in [6.07, 6.45) is -4.75. The van der Waals surface area contributed by atoms with Gasteiger partial charge in [-0.05, 0) is 42.8 Å². The van der Waals surface area contributed by atoms with Crippen molar-refractivity contribution >= 4 is 37.3 Å². The lowest BCUT2D eigenvalue weighted by molar-refractivity contribution is -0.138. The molecule has 0 aliphatic carbocycles. The van der Waals surface area contributed by atoms with E-state index in [0.29, 0.717) is 6.07 Å². The number of sulfonamides is 2. The van der Waals surface area contributed by atoms with Crippen molar-refractivity contribution in [2.24, 2.45) is 5.14 Å². The zero-order valence-electron chi connectivity index (χ0n) is 13.0. The van der Waals surface area contributed by atoms with Gasteiger partial charge in [0.25, 0.3) is 10.0 Å². The van der Waals surface area contributed by atoms with Crippen LogP contribution in [-0.2, 0) is 26.2 Å². The largest absolute Gasteiger partial charge is 0.416 e. The minimum absolute atomic E-state index is 0.00464. The van der Waals surface area contributed by atoms with Crippen molar-refractivity contribution in [3.63, 3.8) is 0 Å². The fourth-order valence-corrected chi connectivity index (χ4v) is 4.11. The molecule has 0 saturated carbocycles. The first-order chi connectivity index (χ1) is 11.7. The molecule has 0 unspecified atom stereocenters. The Morgan fingerprint density at radius 3 is 2.19 bits per heavy atom. The second-order valence-corrected chi connectivity index (χ2v) is 8.91. The molecule has 0 aromatic heterocycles. The van der Waals surface area contributed by atoms with Crippen molar-refractivity contribution < 1.29 is 30.0 Å². The van der Waals surface area contributed by atoms with Gasteiger partial charge in [0, 0.05) is 5.02 Å². The van der Waals surface area contributed by atoms with E-state index in [2.05, 4.69) is 0 Å². The Balaban J connectivity index is 2.57. The highest BCUT2D eigenvalue weighted by Crippen LogP contribution is 2.34. The van der Waals surface area contributed by atoms with Crippen LogP contribution < -0.4 is 9.86 Å². The molecular weight excluding hydrogens is 417 g/mol. The van der Waals surface area contributed by atoms with Gasteiger partial charge < -0.3 is 0 Å². The zero-order valence-corrected chi connectivity index (χ0v) is 15.4. The van der Waals surface area contributed by atoms with E-state index < -0.39 is 47.3 Å². The predicted molar refractivity (Wildman–Crippen MR) is 89.8 cm³/mol. The number of hydrogen-bond acceptors (Lipinski definition) is 4. The van der Waals surface area contributed by atoms with Gasteiger partial charge in [0.1, 0.15) is 4.90 Å². The summed E-state index contributed by atoms with van der Waals surface area (Å²) in [7, 11) is -8.85. The lowest BCUT2D eigenvalue weighted by Gasteiger charge is -2.15. The lowest BCUT2D eigenvalue weighted by atomic mass is 10.1. The van der Waals surface area contributed by atoms with Crippen molar-refractivity contribution in [1.82, 2.24) is 0 Å². The molecule has 142 valence electrons. The molecule has 12 heteroatoms. The maximum Gasteiger partial charge on any atom is 0.416 e. The van der Waals surface area contributed by atoms with Crippen LogP contribution in [0.1, 0.15) is 11.1 Å². The Morgan fingerprint density at radius 2 is 1.65 bits per heavy atom. The highest BCUT2D eigenvalue weighted by molar-refractivity contribution is 7.93. The minimum Gasteiger partial charge on any atom is -0.278 e. The molecule has 3 N–H and O–H groups in total. The number of anilines is 1. The second kappa shape index (κ2) is 6.72. The Bertz CT molecular complexity index is 1070. The normalized spacial score (nSPS) is 12.8. The molecule has 0 spiro atoms. The fraction of sp³-hybridized carbons (Fsp3) is 0.143. The highest BCUT2D eigenvalue weighted by Gasteiger charge is 2.34. The van der Waals surface area contributed by atoms with Crippen LogP contribution in [0.15, 0.2) is 46.2 Å². The van der Waals surface area contributed by atoms with E-state index in [1.807, 2.05) is 4.72 Å². The quantitative estimate of drug-likeness (QED) is 0.780. The van der Waals surface area contributed by atoms with Crippen LogP contribution in [0.25, 0.3) is 0 Å². The third-order valence-corrected chi connectivity index (χ3v) is 5.88. The number of hydrogen-bond donors (Lipinski definition) is 2. The summed E-state index contributed by atoms with van der Waals surface area (Å²) in [5.74, 6) is 0. The number of benzene rings is 2. The molecule has 0 heterocycles. The van der Waals surface area contributed by atoms with Crippen LogP contribution in [0, 0.1) is 6.92 Å². The van der Waals surface area contributed by atoms with E-state index in [4.69, 9.17) is 16.7 Å². The highest BCUT2D eigenvalue weighted by atomic mass is 35.5. The molecule has 6 nitrogen and oxygen atoms in total. The molecule has 0 radical (unpaired) electrons. The Labute approximate surface area is 152 Å².